The van der Waals surface area contributed by atoms with Crippen LogP contribution in [-0.4, -0.2) is 17.7 Å². The first-order chi connectivity index (χ1) is 5.85. The smallest absolute Gasteiger partial charge is 0.408 e. The zero-order valence-corrected chi connectivity index (χ0v) is 9.05. The molecule has 0 aliphatic rings. The van der Waals surface area contributed by atoms with Gasteiger partial charge in [0.25, 0.3) is 0 Å². The number of amides is 1. The Balaban J connectivity index is 3.88. The van der Waals surface area contributed by atoms with E-state index in [0.29, 0.717) is 0 Å². The fourth-order valence-electron chi connectivity index (χ4n) is 0.830. The lowest BCUT2D eigenvalue weighted by Crippen LogP contribution is -2.36. The summed E-state index contributed by atoms with van der Waals surface area (Å²) < 4.78 is 5.07. The number of alkyl carbamates (subject to hydrolysis) is 1. The molecule has 1 amide bonds. The molecule has 3 nitrogen and oxygen atoms in total. The normalized spacial score (nSPS) is 14.2. The third kappa shape index (κ3) is 7.37. The Hall–Kier alpha value is -0.990. The van der Waals surface area contributed by atoms with Crippen LogP contribution in [0.5, 0.6) is 0 Å². The van der Waals surface area contributed by atoms with Crippen molar-refractivity contribution in [1.82, 2.24) is 5.32 Å². The number of allylic oxidation sites excluding steroid dienone is 1. The Labute approximate surface area is 80.2 Å². The Kier molecular flexibility index (Phi) is 4.52. The van der Waals surface area contributed by atoms with Crippen LogP contribution in [0.1, 0.15) is 34.6 Å². The van der Waals surface area contributed by atoms with E-state index in [4.69, 9.17) is 4.74 Å². The first-order valence-corrected chi connectivity index (χ1v) is 4.47. The molecule has 0 unspecified atom stereocenters. The van der Waals surface area contributed by atoms with Gasteiger partial charge in [0.15, 0.2) is 0 Å². The molecular formula is C10H19NO2. The third-order valence-electron chi connectivity index (χ3n) is 1.23. The van der Waals surface area contributed by atoms with E-state index in [-0.39, 0.29) is 12.1 Å². The fourth-order valence-corrected chi connectivity index (χ4v) is 0.830. The number of nitrogens with one attached hydrogen (secondary N) is 1. The van der Waals surface area contributed by atoms with Gasteiger partial charge in [0, 0.05) is 6.04 Å². The van der Waals surface area contributed by atoms with Crippen molar-refractivity contribution < 1.29 is 9.53 Å². The number of rotatable bonds is 2. The van der Waals surface area contributed by atoms with Crippen molar-refractivity contribution >= 4 is 6.09 Å². The highest BCUT2D eigenvalue weighted by Crippen LogP contribution is 2.06. The summed E-state index contributed by atoms with van der Waals surface area (Å²) in [4.78, 5) is 11.2. The van der Waals surface area contributed by atoms with Crippen molar-refractivity contribution in [2.75, 3.05) is 0 Å². The summed E-state index contributed by atoms with van der Waals surface area (Å²) >= 11 is 0. The van der Waals surface area contributed by atoms with Gasteiger partial charge in [-0.15, -0.1) is 0 Å². The van der Waals surface area contributed by atoms with Crippen LogP contribution in [0.2, 0.25) is 0 Å². The van der Waals surface area contributed by atoms with Crippen LogP contribution < -0.4 is 5.32 Å². The van der Waals surface area contributed by atoms with Crippen molar-refractivity contribution in [1.29, 1.82) is 0 Å². The zero-order valence-electron chi connectivity index (χ0n) is 9.05. The van der Waals surface area contributed by atoms with Crippen molar-refractivity contribution in [2.24, 2.45) is 0 Å². The maximum Gasteiger partial charge on any atom is 0.408 e. The van der Waals surface area contributed by atoms with Crippen LogP contribution in [0.25, 0.3) is 0 Å². The van der Waals surface area contributed by atoms with Crippen molar-refractivity contribution in [3.05, 3.63) is 12.2 Å². The molecule has 3 heteroatoms. The Bertz CT molecular complexity index is 192. The van der Waals surface area contributed by atoms with E-state index in [1.54, 1.807) is 0 Å². The van der Waals surface area contributed by atoms with Gasteiger partial charge < -0.3 is 10.1 Å². The van der Waals surface area contributed by atoms with Gasteiger partial charge in [-0.2, -0.15) is 0 Å². The predicted molar refractivity (Wildman–Crippen MR) is 53.6 cm³/mol. The lowest BCUT2D eigenvalue weighted by molar-refractivity contribution is 0.0518. The topological polar surface area (TPSA) is 38.3 Å². The average Bonchev–Trinajstić information content (AvgIpc) is 1.81. The molecule has 0 saturated carbocycles. The molecule has 0 aliphatic carbocycles. The van der Waals surface area contributed by atoms with Crippen LogP contribution in [0, 0.1) is 0 Å². The quantitative estimate of drug-likeness (QED) is 0.671. The summed E-state index contributed by atoms with van der Waals surface area (Å²) in [6.07, 6.45) is 3.41. The van der Waals surface area contributed by atoms with E-state index in [1.165, 1.54) is 0 Å². The van der Waals surface area contributed by atoms with E-state index in [1.807, 2.05) is 46.8 Å². The van der Waals surface area contributed by atoms with Crippen LogP contribution in [-0.2, 0) is 4.74 Å². The maximum absolute atomic E-state index is 11.2. The summed E-state index contributed by atoms with van der Waals surface area (Å²) in [5, 5.41) is 2.69. The lowest BCUT2D eigenvalue weighted by atomic mass is 10.2. The molecule has 0 radical (unpaired) electrons. The monoisotopic (exact) mass is 185 g/mol. The predicted octanol–water partition coefficient (Wildman–Crippen LogP) is 2.48. The molecule has 0 heterocycles. The van der Waals surface area contributed by atoms with Gasteiger partial charge in [-0.1, -0.05) is 12.2 Å². The number of ether oxygens (including phenoxy) is 1. The van der Waals surface area contributed by atoms with Crippen molar-refractivity contribution in [3.8, 4) is 0 Å². The first kappa shape index (κ1) is 12.0. The number of carbonyl (C=O) groups excluding carboxylic acids is 1. The molecule has 0 fully saturated rings. The highest BCUT2D eigenvalue weighted by atomic mass is 16.6. The number of carbonyl (C=O) groups is 1. The summed E-state index contributed by atoms with van der Waals surface area (Å²) in [6, 6.07) is 0.0137. The number of hydrogen-bond donors (Lipinski definition) is 1. The minimum Gasteiger partial charge on any atom is -0.444 e. The maximum atomic E-state index is 11.2. The molecule has 0 rings (SSSR count). The lowest BCUT2D eigenvalue weighted by Gasteiger charge is -2.20. The van der Waals surface area contributed by atoms with Crippen LogP contribution >= 0.6 is 0 Å². The molecule has 0 saturated heterocycles. The second-order valence-electron chi connectivity index (χ2n) is 3.96. The second kappa shape index (κ2) is 4.90. The Morgan fingerprint density at radius 3 is 2.38 bits per heavy atom. The molecular weight excluding hydrogens is 166 g/mol. The van der Waals surface area contributed by atoms with Gasteiger partial charge in [-0.3, -0.25) is 0 Å². The van der Waals surface area contributed by atoms with Gasteiger partial charge in [-0.25, -0.2) is 4.79 Å². The van der Waals surface area contributed by atoms with Gasteiger partial charge in [0.2, 0.25) is 0 Å². The standard InChI is InChI=1S/C10H19NO2/c1-6-7-8(2)11-9(12)13-10(3,4)5/h6-8H,1-5H3,(H,11,12)/b7-6+/t8-/m1/s1. The van der Waals surface area contributed by atoms with Crippen LogP contribution in [0.4, 0.5) is 4.79 Å². The number of hydrogen-bond acceptors (Lipinski definition) is 2. The van der Waals surface area contributed by atoms with E-state index >= 15 is 0 Å². The molecule has 1 atom stereocenters. The summed E-state index contributed by atoms with van der Waals surface area (Å²) in [5.74, 6) is 0. The van der Waals surface area contributed by atoms with E-state index in [0.717, 1.165) is 0 Å². The van der Waals surface area contributed by atoms with Crippen molar-refractivity contribution in [3.63, 3.8) is 0 Å². The van der Waals surface area contributed by atoms with E-state index in [9.17, 15) is 4.79 Å². The molecule has 0 aliphatic heterocycles. The van der Waals surface area contributed by atoms with Gasteiger partial charge in [0.1, 0.15) is 5.60 Å². The molecule has 0 bridgehead atoms. The molecule has 1 N–H and O–H groups in total. The molecule has 0 aromatic carbocycles. The summed E-state index contributed by atoms with van der Waals surface area (Å²) in [5.41, 5.74) is -0.431. The van der Waals surface area contributed by atoms with Crippen LogP contribution in [0.3, 0.4) is 0 Å². The zero-order chi connectivity index (χ0) is 10.5. The Morgan fingerprint density at radius 2 is 2.00 bits per heavy atom. The van der Waals surface area contributed by atoms with E-state index in [2.05, 4.69) is 5.32 Å². The largest absolute Gasteiger partial charge is 0.444 e. The first-order valence-electron chi connectivity index (χ1n) is 4.47. The molecule has 76 valence electrons. The van der Waals surface area contributed by atoms with Crippen LogP contribution in [0.15, 0.2) is 12.2 Å². The van der Waals surface area contributed by atoms with Gasteiger partial charge in [-0.05, 0) is 34.6 Å². The minimum absolute atomic E-state index is 0.0137. The highest BCUT2D eigenvalue weighted by Gasteiger charge is 2.16. The second-order valence-corrected chi connectivity index (χ2v) is 3.96. The molecule has 13 heavy (non-hydrogen) atoms. The summed E-state index contributed by atoms with van der Waals surface area (Å²) in [6.45, 7) is 9.32. The van der Waals surface area contributed by atoms with E-state index < -0.39 is 5.60 Å². The highest BCUT2D eigenvalue weighted by molar-refractivity contribution is 5.68. The molecule has 0 aromatic heterocycles. The Morgan fingerprint density at radius 1 is 1.46 bits per heavy atom. The van der Waals surface area contributed by atoms with Crippen molar-refractivity contribution in [2.45, 2.75) is 46.3 Å². The van der Waals surface area contributed by atoms with Gasteiger partial charge in [0.05, 0.1) is 0 Å². The molecule has 0 aromatic rings. The fraction of sp³-hybridized carbons (Fsp3) is 0.700. The minimum atomic E-state index is -0.431. The average molecular weight is 185 g/mol. The molecule has 0 spiro atoms. The summed E-state index contributed by atoms with van der Waals surface area (Å²) in [7, 11) is 0. The third-order valence-corrected chi connectivity index (χ3v) is 1.23. The van der Waals surface area contributed by atoms with Gasteiger partial charge >= 0.3 is 6.09 Å². The SMILES string of the molecule is C/C=C/[C@@H](C)NC(=O)OC(C)(C)C.